The van der Waals surface area contributed by atoms with Crippen LogP contribution in [0, 0.1) is 0 Å². The van der Waals surface area contributed by atoms with Crippen LogP contribution in [0.3, 0.4) is 0 Å². The molecule has 0 aromatic heterocycles. The number of nitrogens with one attached hydrogen (secondary N) is 2. The monoisotopic (exact) mass is 489 g/mol. The van der Waals surface area contributed by atoms with Crippen LogP contribution < -0.4 is 20.5 Å². The van der Waals surface area contributed by atoms with Crippen molar-refractivity contribution in [2.75, 3.05) is 10.6 Å². The second kappa shape index (κ2) is 9.29. The molecule has 3 rings (SSSR count). The standard InChI is InChI=1S/C21H20BrN3O4S/c1-14(21(26)25-17-6-12-20(13-7-17)30(23,27)28)24-16-4-10-19(11-5-16)29-18-8-2-15(22)3-9-18/h2-14,24H,1H3,(H,25,26)(H2,23,27,28). The lowest BCUT2D eigenvalue weighted by atomic mass is 10.2. The molecular weight excluding hydrogens is 470 g/mol. The molecular formula is C21H20BrN3O4S. The highest BCUT2D eigenvalue weighted by Crippen LogP contribution is 2.24. The highest BCUT2D eigenvalue weighted by atomic mass is 79.9. The Kier molecular flexibility index (Phi) is 6.76. The summed E-state index contributed by atoms with van der Waals surface area (Å²) in [6.45, 7) is 1.72. The summed E-state index contributed by atoms with van der Waals surface area (Å²) in [6, 6.07) is 19.9. The van der Waals surface area contributed by atoms with E-state index in [2.05, 4.69) is 26.6 Å². The van der Waals surface area contributed by atoms with E-state index in [1.54, 1.807) is 19.1 Å². The minimum atomic E-state index is -3.77. The SMILES string of the molecule is CC(Nc1ccc(Oc2ccc(Br)cc2)cc1)C(=O)Nc1ccc(S(N)(=O)=O)cc1. The van der Waals surface area contributed by atoms with Crippen LogP contribution in [0.25, 0.3) is 0 Å². The maximum atomic E-state index is 12.4. The highest BCUT2D eigenvalue weighted by Gasteiger charge is 2.14. The molecule has 0 saturated heterocycles. The van der Waals surface area contributed by atoms with E-state index in [-0.39, 0.29) is 10.8 Å². The van der Waals surface area contributed by atoms with Gasteiger partial charge in [0.25, 0.3) is 0 Å². The molecule has 0 aliphatic heterocycles. The molecule has 0 aliphatic rings. The lowest BCUT2D eigenvalue weighted by molar-refractivity contribution is -0.116. The van der Waals surface area contributed by atoms with Crippen molar-refractivity contribution in [1.29, 1.82) is 0 Å². The predicted octanol–water partition coefficient (Wildman–Crippen LogP) is 4.33. The first-order valence-electron chi connectivity index (χ1n) is 8.94. The molecule has 3 aromatic rings. The van der Waals surface area contributed by atoms with E-state index >= 15 is 0 Å². The van der Waals surface area contributed by atoms with Crippen molar-refractivity contribution in [2.24, 2.45) is 5.14 Å². The number of primary sulfonamides is 1. The van der Waals surface area contributed by atoms with Gasteiger partial charge in [0.1, 0.15) is 17.5 Å². The molecule has 0 spiro atoms. The fourth-order valence-electron chi connectivity index (χ4n) is 2.55. The topological polar surface area (TPSA) is 111 Å². The van der Waals surface area contributed by atoms with Gasteiger partial charge in [0.15, 0.2) is 0 Å². The third-order valence-electron chi connectivity index (χ3n) is 4.13. The van der Waals surface area contributed by atoms with Crippen LogP contribution in [0.1, 0.15) is 6.92 Å². The molecule has 0 fully saturated rings. The fourth-order valence-corrected chi connectivity index (χ4v) is 3.33. The normalized spacial score (nSPS) is 12.1. The van der Waals surface area contributed by atoms with Crippen molar-refractivity contribution in [3.05, 3.63) is 77.3 Å². The number of carbonyl (C=O) groups is 1. The van der Waals surface area contributed by atoms with Gasteiger partial charge >= 0.3 is 0 Å². The zero-order valence-electron chi connectivity index (χ0n) is 16.0. The first-order valence-corrected chi connectivity index (χ1v) is 11.3. The highest BCUT2D eigenvalue weighted by molar-refractivity contribution is 9.10. The van der Waals surface area contributed by atoms with Crippen LogP contribution in [0.4, 0.5) is 11.4 Å². The average molecular weight is 490 g/mol. The molecule has 0 heterocycles. The van der Waals surface area contributed by atoms with Gasteiger partial charge in [0.05, 0.1) is 4.90 Å². The summed E-state index contributed by atoms with van der Waals surface area (Å²) in [6.07, 6.45) is 0. The fraction of sp³-hybridized carbons (Fsp3) is 0.0952. The van der Waals surface area contributed by atoms with Crippen LogP contribution in [0.2, 0.25) is 0 Å². The van der Waals surface area contributed by atoms with Gasteiger partial charge in [-0.05, 0) is 79.7 Å². The number of hydrogen-bond donors (Lipinski definition) is 3. The van der Waals surface area contributed by atoms with Crippen molar-refractivity contribution in [2.45, 2.75) is 17.9 Å². The van der Waals surface area contributed by atoms with E-state index < -0.39 is 16.1 Å². The van der Waals surface area contributed by atoms with Crippen LogP contribution in [0.15, 0.2) is 82.2 Å². The smallest absolute Gasteiger partial charge is 0.246 e. The molecule has 0 radical (unpaired) electrons. The molecule has 0 aliphatic carbocycles. The molecule has 1 amide bonds. The number of benzene rings is 3. The summed E-state index contributed by atoms with van der Waals surface area (Å²) in [5, 5.41) is 10.9. The number of sulfonamides is 1. The van der Waals surface area contributed by atoms with E-state index in [4.69, 9.17) is 9.88 Å². The maximum Gasteiger partial charge on any atom is 0.246 e. The Morgan fingerprint density at radius 3 is 1.93 bits per heavy atom. The molecule has 0 saturated carbocycles. The van der Waals surface area contributed by atoms with Gasteiger partial charge < -0.3 is 15.4 Å². The first-order chi connectivity index (χ1) is 14.2. The molecule has 3 aromatic carbocycles. The van der Waals surface area contributed by atoms with Crippen LogP contribution in [-0.4, -0.2) is 20.4 Å². The van der Waals surface area contributed by atoms with Crippen LogP contribution >= 0.6 is 15.9 Å². The van der Waals surface area contributed by atoms with Crippen LogP contribution in [0.5, 0.6) is 11.5 Å². The van der Waals surface area contributed by atoms with E-state index in [9.17, 15) is 13.2 Å². The minimum absolute atomic E-state index is 0.0166. The number of halogens is 1. The Hall–Kier alpha value is -2.88. The summed E-state index contributed by atoms with van der Waals surface area (Å²) in [7, 11) is -3.77. The summed E-state index contributed by atoms with van der Waals surface area (Å²) < 4.78 is 29.3. The lowest BCUT2D eigenvalue weighted by Crippen LogP contribution is -2.31. The minimum Gasteiger partial charge on any atom is -0.457 e. The molecule has 1 atom stereocenters. The Morgan fingerprint density at radius 2 is 1.40 bits per heavy atom. The van der Waals surface area contributed by atoms with Gasteiger partial charge in [-0.1, -0.05) is 15.9 Å². The quantitative estimate of drug-likeness (QED) is 0.457. The number of amides is 1. The molecule has 9 heteroatoms. The first kappa shape index (κ1) is 21.8. The van der Waals surface area contributed by atoms with E-state index in [1.807, 2.05) is 36.4 Å². The molecule has 4 N–H and O–H groups in total. The van der Waals surface area contributed by atoms with Gasteiger partial charge in [-0.3, -0.25) is 4.79 Å². The average Bonchev–Trinajstić information content (AvgIpc) is 2.71. The number of hydrogen-bond acceptors (Lipinski definition) is 5. The van der Waals surface area contributed by atoms with Gasteiger partial charge in [0.2, 0.25) is 15.9 Å². The van der Waals surface area contributed by atoms with Gasteiger partial charge in [0, 0.05) is 15.8 Å². The van der Waals surface area contributed by atoms with Gasteiger partial charge in [-0.2, -0.15) is 0 Å². The molecule has 156 valence electrons. The molecule has 1 unspecified atom stereocenters. The number of carbonyl (C=O) groups excluding carboxylic acids is 1. The van der Waals surface area contributed by atoms with Crippen molar-refractivity contribution in [1.82, 2.24) is 0 Å². The third kappa shape index (κ3) is 6.06. The largest absolute Gasteiger partial charge is 0.457 e. The zero-order chi connectivity index (χ0) is 21.7. The predicted molar refractivity (Wildman–Crippen MR) is 120 cm³/mol. The van der Waals surface area contributed by atoms with Crippen LogP contribution in [-0.2, 0) is 14.8 Å². The van der Waals surface area contributed by atoms with E-state index in [1.165, 1.54) is 24.3 Å². The summed E-state index contributed by atoms with van der Waals surface area (Å²) in [5.41, 5.74) is 1.23. The second-order valence-corrected chi connectivity index (χ2v) is 8.98. The molecule has 30 heavy (non-hydrogen) atoms. The molecule has 7 nitrogen and oxygen atoms in total. The van der Waals surface area contributed by atoms with E-state index in [0.717, 1.165) is 15.9 Å². The van der Waals surface area contributed by atoms with E-state index in [0.29, 0.717) is 11.4 Å². The Labute approximate surface area is 183 Å². The second-order valence-electron chi connectivity index (χ2n) is 6.51. The zero-order valence-corrected chi connectivity index (χ0v) is 18.4. The number of nitrogens with two attached hydrogens (primary N) is 1. The number of anilines is 2. The summed E-state index contributed by atoms with van der Waals surface area (Å²) in [5.74, 6) is 1.13. The van der Waals surface area contributed by atoms with Crippen molar-refractivity contribution < 1.29 is 17.9 Å². The van der Waals surface area contributed by atoms with Crippen molar-refractivity contribution in [3.8, 4) is 11.5 Å². The molecule has 0 bridgehead atoms. The Balaban J connectivity index is 1.56. The third-order valence-corrected chi connectivity index (χ3v) is 5.59. The Morgan fingerprint density at radius 1 is 0.900 bits per heavy atom. The van der Waals surface area contributed by atoms with Gasteiger partial charge in [-0.15, -0.1) is 0 Å². The lowest BCUT2D eigenvalue weighted by Gasteiger charge is -2.16. The van der Waals surface area contributed by atoms with Gasteiger partial charge in [-0.25, -0.2) is 13.6 Å². The van der Waals surface area contributed by atoms with Crippen molar-refractivity contribution in [3.63, 3.8) is 0 Å². The summed E-state index contributed by atoms with van der Waals surface area (Å²) in [4.78, 5) is 12.4. The number of ether oxygens (including phenoxy) is 1. The Bertz CT molecular complexity index is 1120. The number of rotatable bonds is 7. The summed E-state index contributed by atoms with van der Waals surface area (Å²) >= 11 is 3.38. The maximum absolute atomic E-state index is 12.4. The van der Waals surface area contributed by atoms with Crippen molar-refractivity contribution >= 4 is 43.2 Å².